The first-order valence-electron chi connectivity index (χ1n) is 6.37. The van der Waals surface area contributed by atoms with Gasteiger partial charge in [0.1, 0.15) is 5.82 Å². The highest BCUT2D eigenvalue weighted by molar-refractivity contribution is 5.38. The van der Waals surface area contributed by atoms with Crippen LogP contribution in [0.1, 0.15) is 12.7 Å². The summed E-state index contributed by atoms with van der Waals surface area (Å²) in [6.45, 7) is 7.24. The van der Waals surface area contributed by atoms with Gasteiger partial charge in [-0.1, -0.05) is 0 Å². The Labute approximate surface area is 109 Å². The molecule has 2 aromatic rings. The van der Waals surface area contributed by atoms with Crippen molar-refractivity contribution in [3.05, 3.63) is 16.3 Å². The molecule has 0 atom stereocenters. The van der Waals surface area contributed by atoms with Crippen molar-refractivity contribution in [3.8, 4) is 0 Å². The van der Waals surface area contributed by atoms with Crippen molar-refractivity contribution in [2.75, 3.05) is 31.2 Å². The van der Waals surface area contributed by atoms with Crippen molar-refractivity contribution in [3.63, 3.8) is 0 Å². The number of aromatic nitrogens is 5. The second kappa shape index (κ2) is 4.61. The third-order valence-corrected chi connectivity index (χ3v) is 3.25. The molecule has 19 heavy (non-hydrogen) atoms. The Morgan fingerprint density at radius 1 is 1.26 bits per heavy atom. The van der Waals surface area contributed by atoms with Gasteiger partial charge in [-0.15, -0.1) is 9.61 Å². The van der Waals surface area contributed by atoms with E-state index in [1.54, 1.807) is 0 Å². The van der Waals surface area contributed by atoms with E-state index in [0.717, 1.165) is 5.82 Å². The molecule has 0 unspecified atom stereocenters. The molecule has 0 amide bonds. The summed E-state index contributed by atoms with van der Waals surface area (Å²) in [4.78, 5) is 22.4. The molecule has 102 valence electrons. The molecule has 0 aromatic carbocycles. The van der Waals surface area contributed by atoms with Crippen molar-refractivity contribution < 1.29 is 4.74 Å². The minimum Gasteiger partial charge on any atom is -0.378 e. The predicted molar refractivity (Wildman–Crippen MR) is 68.5 cm³/mol. The second-order valence-electron chi connectivity index (χ2n) is 4.41. The number of rotatable bonds is 2. The highest BCUT2D eigenvalue weighted by Crippen LogP contribution is 2.10. The zero-order chi connectivity index (χ0) is 13.4. The number of aryl methyl sites for hydroxylation is 2. The van der Waals surface area contributed by atoms with Crippen LogP contribution in [0.3, 0.4) is 0 Å². The molecule has 0 radical (unpaired) electrons. The molecule has 0 bridgehead atoms. The van der Waals surface area contributed by atoms with Crippen LogP contribution >= 0.6 is 0 Å². The number of hydrogen-bond donors (Lipinski definition) is 0. The van der Waals surface area contributed by atoms with E-state index < -0.39 is 0 Å². The van der Waals surface area contributed by atoms with Gasteiger partial charge in [-0.05, 0) is 13.8 Å². The fourth-order valence-electron chi connectivity index (χ4n) is 2.26. The Hall–Kier alpha value is -1.96. The molecular weight excluding hydrogens is 248 g/mol. The van der Waals surface area contributed by atoms with Gasteiger partial charge in [0, 0.05) is 19.6 Å². The minimum absolute atomic E-state index is 0.387. The predicted octanol–water partition coefficient (Wildman–Crippen LogP) is -0.549. The van der Waals surface area contributed by atoms with Crippen LogP contribution in [-0.4, -0.2) is 50.5 Å². The lowest BCUT2D eigenvalue weighted by Crippen LogP contribution is -2.39. The van der Waals surface area contributed by atoms with Crippen LogP contribution in [0.2, 0.25) is 0 Å². The van der Waals surface area contributed by atoms with E-state index in [1.165, 1.54) is 4.52 Å². The van der Waals surface area contributed by atoms with Crippen LogP contribution in [0.5, 0.6) is 0 Å². The molecule has 1 aliphatic rings. The molecule has 8 nitrogen and oxygen atoms in total. The fraction of sp³-hybridized carbons (Fsp3) is 0.636. The van der Waals surface area contributed by atoms with Crippen LogP contribution < -0.4 is 10.6 Å². The van der Waals surface area contributed by atoms with Crippen molar-refractivity contribution in [2.24, 2.45) is 0 Å². The lowest BCUT2D eigenvalue weighted by Gasteiger charge is -2.26. The van der Waals surface area contributed by atoms with Crippen LogP contribution in [0.25, 0.3) is 5.78 Å². The van der Waals surface area contributed by atoms with Gasteiger partial charge in [-0.3, -0.25) is 4.57 Å². The standard InChI is InChI=1S/C11H16N6O2/c1-3-16-8(2)14-17-10(16)12-9(13-11(17)18)15-4-6-19-7-5-15/h3-7H2,1-2H3. The molecule has 3 heterocycles. The van der Waals surface area contributed by atoms with E-state index in [4.69, 9.17) is 4.74 Å². The first-order chi connectivity index (χ1) is 9.20. The van der Waals surface area contributed by atoms with Crippen molar-refractivity contribution in [1.82, 2.24) is 24.1 Å². The maximum atomic E-state index is 12.0. The molecule has 2 aromatic heterocycles. The molecular formula is C11H16N6O2. The molecule has 0 saturated carbocycles. The first-order valence-corrected chi connectivity index (χ1v) is 6.37. The van der Waals surface area contributed by atoms with Crippen LogP contribution in [0.4, 0.5) is 5.95 Å². The highest BCUT2D eigenvalue weighted by Gasteiger charge is 2.18. The Balaban J connectivity index is 2.14. The average Bonchev–Trinajstić information content (AvgIpc) is 2.76. The quantitative estimate of drug-likeness (QED) is 0.724. The van der Waals surface area contributed by atoms with E-state index in [-0.39, 0.29) is 5.69 Å². The largest absolute Gasteiger partial charge is 0.378 e. The zero-order valence-corrected chi connectivity index (χ0v) is 11.0. The Kier molecular flexibility index (Phi) is 2.94. The smallest absolute Gasteiger partial charge is 0.374 e. The third kappa shape index (κ3) is 1.97. The van der Waals surface area contributed by atoms with Crippen molar-refractivity contribution in [2.45, 2.75) is 20.4 Å². The first kappa shape index (κ1) is 12.1. The van der Waals surface area contributed by atoms with E-state index in [2.05, 4.69) is 15.1 Å². The SMILES string of the molecule is CCn1c(C)nn2c(=O)nc(N3CCOCC3)nc12. The van der Waals surface area contributed by atoms with Gasteiger partial charge in [0.25, 0.3) is 0 Å². The maximum absolute atomic E-state index is 12.0. The molecule has 1 fully saturated rings. The van der Waals surface area contributed by atoms with Gasteiger partial charge >= 0.3 is 5.69 Å². The number of hydrogen-bond acceptors (Lipinski definition) is 6. The molecule has 3 rings (SSSR count). The normalized spacial score (nSPS) is 16.2. The minimum atomic E-state index is -0.387. The summed E-state index contributed by atoms with van der Waals surface area (Å²) in [7, 11) is 0. The Bertz CT molecular complexity index is 655. The van der Waals surface area contributed by atoms with E-state index >= 15 is 0 Å². The van der Waals surface area contributed by atoms with Gasteiger partial charge in [0.2, 0.25) is 11.7 Å². The molecule has 1 aliphatic heterocycles. The topological polar surface area (TPSA) is 77.5 Å². The van der Waals surface area contributed by atoms with Gasteiger partial charge in [0.15, 0.2) is 0 Å². The molecule has 0 aliphatic carbocycles. The molecule has 1 saturated heterocycles. The molecule has 8 heteroatoms. The van der Waals surface area contributed by atoms with Crippen molar-refractivity contribution in [1.29, 1.82) is 0 Å². The monoisotopic (exact) mass is 264 g/mol. The summed E-state index contributed by atoms with van der Waals surface area (Å²) < 4.78 is 8.44. The Morgan fingerprint density at radius 2 is 2.00 bits per heavy atom. The number of fused-ring (bicyclic) bond motifs is 1. The summed E-state index contributed by atoms with van der Waals surface area (Å²) in [5.74, 6) is 1.76. The van der Waals surface area contributed by atoms with Crippen LogP contribution in [-0.2, 0) is 11.3 Å². The highest BCUT2D eigenvalue weighted by atomic mass is 16.5. The van der Waals surface area contributed by atoms with E-state index in [1.807, 2.05) is 23.3 Å². The average molecular weight is 264 g/mol. The Morgan fingerprint density at radius 3 is 2.68 bits per heavy atom. The summed E-state index contributed by atoms with van der Waals surface area (Å²) >= 11 is 0. The lowest BCUT2D eigenvalue weighted by molar-refractivity contribution is 0.122. The van der Waals surface area contributed by atoms with E-state index in [0.29, 0.717) is 44.6 Å². The van der Waals surface area contributed by atoms with E-state index in [9.17, 15) is 4.79 Å². The van der Waals surface area contributed by atoms with Gasteiger partial charge in [-0.25, -0.2) is 4.79 Å². The number of anilines is 1. The summed E-state index contributed by atoms with van der Waals surface area (Å²) in [5.41, 5.74) is -0.387. The molecule has 0 N–H and O–H groups in total. The number of morpholine rings is 1. The zero-order valence-electron chi connectivity index (χ0n) is 11.0. The third-order valence-electron chi connectivity index (χ3n) is 3.25. The van der Waals surface area contributed by atoms with Gasteiger partial charge < -0.3 is 9.64 Å². The van der Waals surface area contributed by atoms with Crippen LogP contribution in [0, 0.1) is 6.92 Å². The summed E-state index contributed by atoms with van der Waals surface area (Å²) in [5, 5.41) is 4.17. The number of ether oxygens (including phenoxy) is 1. The summed E-state index contributed by atoms with van der Waals surface area (Å²) in [6, 6.07) is 0. The second-order valence-corrected chi connectivity index (χ2v) is 4.41. The van der Waals surface area contributed by atoms with Crippen LogP contribution in [0.15, 0.2) is 4.79 Å². The fourth-order valence-corrected chi connectivity index (χ4v) is 2.26. The van der Waals surface area contributed by atoms with Gasteiger partial charge in [-0.2, -0.15) is 9.97 Å². The van der Waals surface area contributed by atoms with Crippen molar-refractivity contribution >= 4 is 11.7 Å². The molecule has 0 spiro atoms. The van der Waals surface area contributed by atoms with Gasteiger partial charge in [0.05, 0.1) is 13.2 Å². The summed E-state index contributed by atoms with van der Waals surface area (Å²) in [6.07, 6.45) is 0. The number of nitrogens with zero attached hydrogens (tertiary/aromatic N) is 6. The maximum Gasteiger partial charge on any atom is 0.374 e. The lowest BCUT2D eigenvalue weighted by atomic mass is 10.4.